The number of carbonyl (C=O) groups is 1. The Balaban J connectivity index is 2.11. The molecule has 0 aliphatic carbocycles. The van der Waals surface area contributed by atoms with Crippen molar-refractivity contribution in [2.45, 2.75) is 0 Å². The Morgan fingerprint density at radius 3 is 2.52 bits per heavy atom. The Kier molecular flexibility index (Phi) is 5.44. The number of hydrogen-bond acceptors (Lipinski definition) is 3. The number of ether oxygens (including phenoxy) is 1. The second-order valence-electron chi connectivity index (χ2n) is 4.28. The van der Waals surface area contributed by atoms with E-state index in [1.807, 2.05) is 0 Å². The second kappa shape index (κ2) is 7.31. The maximum atomic E-state index is 12.2. The van der Waals surface area contributed by atoms with Gasteiger partial charge in [0, 0.05) is 33.9 Å². The summed E-state index contributed by atoms with van der Waals surface area (Å²) in [6, 6.07) is 11.7. The largest absolute Gasteiger partial charge is 0.492 e. The van der Waals surface area contributed by atoms with Crippen LogP contribution in [0.4, 0.5) is 5.69 Å². The molecule has 2 aromatic rings. The molecule has 0 saturated carbocycles. The van der Waals surface area contributed by atoms with E-state index in [0.29, 0.717) is 40.2 Å². The van der Waals surface area contributed by atoms with E-state index >= 15 is 0 Å². The molecule has 3 N–H and O–H groups in total. The highest BCUT2D eigenvalue weighted by Crippen LogP contribution is 2.21. The van der Waals surface area contributed by atoms with Gasteiger partial charge in [0.2, 0.25) is 0 Å². The normalized spacial score (nSPS) is 10.2. The predicted octanol–water partition coefficient (Wildman–Crippen LogP) is 3.58. The number of amides is 1. The highest BCUT2D eigenvalue weighted by Gasteiger charge is 2.09. The minimum atomic E-state index is -0.296. The first-order valence-corrected chi connectivity index (χ1v) is 7.04. The monoisotopic (exact) mass is 324 g/mol. The molecular formula is C15H14Cl2N2O2. The average Bonchev–Trinajstić information content (AvgIpc) is 2.44. The van der Waals surface area contributed by atoms with Crippen molar-refractivity contribution in [3.8, 4) is 5.75 Å². The lowest BCUT2D eigenvalue weighted by Crippen LogP contribution is -2.13. The lowest BCUT2D eigenvalue weighted by molar-refractivity contribution is 0.102. The van der Waals surface area contributed by atoms with Gasteiger partial charge in [-0.3, -0.25) is 4.79 Å². The van der Waals surface area contributed by atoms with E-state index in [-0.39, 0.29) is 5.91 Å². The van der Waals surface area contributed by atoms with E-state index in [0.717, 1.165) is 0 Å². The highest BCUT2D eigenvalue weighted by atomic mass is 35.5. The van der Waals surface area contributed by atoms with Crippen molar-refractivity contribution in [1.82, 2.24) is 0 Å². The van der Waals surface area contributed by atoms with Crippen molar-refractivity contribution in [3.05, 3.63) is 58.1 Å². The summed E-state index contributed by atoms with van der Waals surface area (Å²) in [6.07, 6.45) is 0. The zero-order valence-corrected chi connectivity index (χ0v) is 12.6. The standard InChI is InChI=1S/C15H14Cl2N2O2/c16-11-6-10(7-12(17)8-11)15(20)19-13-2-1-3-14(9-13)21-5-4-18/h1-3,6-9H,4-5,18H2,(H,19,20). The van der Waals surface area contributed by atoms with Crippen LogP contribution < -0.4 is 15.8 Å². The maximum Gasteiger partial charge on any atom is 0.255 e. The molecule has 0 aliphatic rings. The van der Waals surface area contributed by atoms with Crippen LogP contribution in [-0.2, 0) is 0 Å². The van der Waals surface area contributed by atoms with Gasteiger partial charge in [0.25, 0.3) is 5.91 Å². The van der Waals surface area contributed by atoms with Gasteiger partial charge in [-0.05, 0) is 30.3 Å². The fourth-order valence-corrected chi connectivity index (χ4v) is 2.25. The number of nitrogens with two attached hydrogens (primary N) is 1. The van der Waals surface area contributed by atoms with Gasteiger partial charge in [-0.25, -0.2) is 0 Å². The third-order valence-electron chi connectivity index (χ3n) is 2.60. The Hall–Kier alpha value is -1.75. The fraction of sp³-hybridized carbons (Fsp3) is 0.133. The molecule has 0 spiro atoms. The summed E-state index contributed by atoms with van der Waals surface area (Å²) in [6.45, 7) is 0.846. The molecule has 110 valence electrons. The van der Waals surface area contributed by atoms with Crippen LogP contribution in [0.25, 0.3) is 0 Å². The molecule has 4 nitrogen and oxygen atoms in total. The molecule has 0 unspecified atom stereocenters. The van der Waals surface area contributed by atoms with E-state index in [2.05, 4.69) is 5.32 Å². The minimum Gasteiger partial charge on any atom is -0.492 e. The molecule has 0 aromatic heterocycles. The molecule has 0 radical (unpaired) electrons. The molecule has 0 heterocycles. The molecule has 0 saturated heterocycles. The van der Waals surface area contributed by atoms with Gasteiger partial charge in [0.05, 0.1) is 0 Å². The van der Waals surface area contributed by atoms with Crippen molar-refractivity contribution >= 4 is 34.8 Å². The minimum absolute atomic E-state index is 0.296. The quantitative estimate of drug-likeness (QED) is 0.883. The van der Waals surface area contributed by atoms with Gasteiger partial charge in [0.15, 0.2) is 0 Å². The van der Waals surface area contributed by atoms with Gasteiger partial charge in [-0.2, -0.15) is 0 Å². The van der Waals surface area contributed by atoms with Crippen LogP contribution in [-0.4, -0.2) is 19.1 Å². The Bertz CT molecular complexity index is 627. The van der Waals surface area contributed by atoms with E-state index in [1.54, 1.807) is 42.5 Å². The van der Waals surface area contributed by atoms with Crippen LogP contribution in [0.2, 0.25) is 10.0 Å². The lowest BCUT2D eigenvalue weighted by Gasteiger charge is -2.09. The number of carbonyl (C=O) groups excluding carboxylic acids is 1. The van der Waals surface area contributed by atoms with Crippen LogP contribution in [0, 0.1) is 0 Å². The lowest BCUT2D eigenvalue weighted by atomic mass is 10.2. The third kappa shape index (κ3) is 4.63. The molecule has 21 heavy (non-hydrogen) atoms. The van der Waals surface area contributed by atoms with Crippen molar-refractivity contribution in [1.29, 1.82) is 0 Å². The number of anilines is 1. The predicted molar refractivity (Wildman–Crippen MR) is 85.4 cm³/mol. The van der Waals surface area contributed by atoms with Crippen molar-refractivity contribution < 1.29 is 9.53 Å². The summed E-state index contributed by atoms with van der Waals surface area (Å²) in [4.78, 5) is 12.2. The van der Waals surface area contributed by atoms with Gasteiger partial charge < -0.3 is 15.8 Å². The topological polar surface area (TPSA) is 64.3 Å². The van der Waals surface area contributed by atoms with Crippen molar-refractivity contribution in [3.63, 3.8) is 0 Å². The molecule has 0 bridgehead atoms. The third-order valence-corrected chi connectivity index (χ3v) is 3.04. The summed E-state index contributed by atoms with van der Waals surface area (Å²) in [5.74, 6) is 0.345. The van der Waals surface area contributed by atoms with Crippen LogP contribution in [0.1, 0.15) is 10.4 Å². The SMILES string of the molecule is NCCOc1cccc(NC(=O)c2cc(Cl)cc(Cl)c2)c1. The highest BCUT2D eigenvalue weighted by molar-refractivity contribution is 6.35. The summed E-state index contributed by atoms with van der Waals surface area (Å²) in [7, 11) is 0. The summed E-state index contributed by atoms with van der Waals surface area (Å²) in [5, 5.41) is 3.58. The molecular weight excluding hydrogens is 311 g/mol. The number of hydrogen-bond donors (Lipinski definition) is 2. The summed E-state index contributed by atoms with van der Waals surface area (Å²) in [5.41, 5.74) is 6.39. The number of rotatable bonds is 5. The summed E-state index contributed by atoms with van der Waals surface area (Å²) >= 11 is 11.8. The molecule has 2 rings (SSSR count). The average molecular weight is 325 g/mol. The number of benzene rings is 2. The first-order chi connectivity index (χ1) is 10.1. The molecule has 0 aliphatic heterocycles. The summed E-state index contributed by atoms with van der Waals surface area (Å²) < 4.78 is 5.40. The number of nitrogens with one attached hydrogen (secondary N) is 1. The molecule has 0 fully saturated rings. The van der Waals surface area contributed by atoms with Crippen LogP contribution in [0.15, 0.2) is 42.5 Å². The zero-order valence-electron chi connectivity index (χ0n) is 11.1. The zero-order chi connectivity index (χ0) is 15.2. The Morgan fingerprint density at radius 2 is 1.86 bits per heavy atom. The van der Waals surface area contributed by atoms with Crippen LogP contribution in [0.5, 0.6) is 5.75 Å². The smallest absolute Gasteiger partial charge is 0.255 e. The van der Waals surface area contributed by atoms with Crippen LogP contribution in [0.3, 0.4) is 0 Å². The Morgan fingerprint density at radius 1 is 1.14 bits per heavy atom. The molecule has 0 atom stereocenters. The van der Waals surface area contributed by atoms with Gasteiger partial charge in [-0.15, -0.1) is 0 Å². The maximum absolute atomic E-state index is 12.2. The van der Waals surface area contributed by atoms with Crippen LogP contribution >= 0.6 is 23.2 Å². The first-order valence-electron chi connectivity index (χ1n) is 6.29. The molecule has 1 amide bonds. The van der Waals surface area contributed by atoms with E-state index in [4.69, 9.17) is 33.7 Å². The van der Waals surface area contributed by atoms with E-state index < -0.39 is 0 Å². The fourth-order valence-electron chi connectivity index (χ4n) is 1.73. The first kappa shape index (κ1) is 15.6. The van der Waals surface area contributed by atoms with Gasteiger partial charge in [-0.1, -0.05) is 29.3 Å². The van der Waals surface area contributed by atoms with Crippen molar-refractivity contribution in [2.75, 3.05) is 18.5 Å². The van der Waals surface area contributed by atoms with Crippen molar-refractivity contribution in [2.24, 2.45) is 5.73 Å². The molecule has 2 aromatic carbocycles. The molecule has 6 heteroatoms. The van der Waals surface area contributed by atoms with Gasteiger partial charge in [0.1, 0.15) is 12.4 Å². The van der Waals surface area contributed by atoms with Gasteiger partial charge >= 0.3 is 0 Å². The Labute approximate surface area is 132 Å². The van der Waals surface area contributed by atoms with E-state index in [1.165, 1.54) is 0 Å². The number of halogens is 2. The second-order valence-corrected chi connectivity index (χ2v) is 5.15. The van der Waals surface area contributed by atoms with E-state index in [9.17, 15) is 4.79 Å².